The molecule has 8 heteroatoms. The summed E-state index contributed by atoms with van der Waals surface area (Å²) in [4.78, 5) is 36.5. The van der Waals surface area contributed by atoms with Gasteiger partial charge in [0.1, 0.15) is 4.83 Å². The van der Waals surface area contributed by atoms with Crippen LogP contribution in [0.5, 0.6) is 5.75 Å². The van der Waals surface area contributed by atoms with Crippen LogP contribution in [0.25, 0.3) is 10.2 Å². The van der Waals surface area contributed by atoms with Crippen LogP contribution in [0.3, 0.4) is 0 Å². The molecule has 0 atom stereocenters. The van der Waals surface area contributed by atoms with E-state index in [9.17, 15) is 9.59 Å². The summed E-state index contributed by atoms with van der Waals surface area (Å²) < 4.78 is 5.37. The Hall–Kier alpha value is -2.06. The van der Waals surface area contributed by atoms with Crippen molar-refractivity contribution < 1.29 is 4.74 Å². The Morgan fingerprint density at radius 1 is 1.32 bits per heavy atom. The third-order valence-electron chi connectivity index (χ3n) is 3.78. The smallest absolute Gasteiger partial charge is 0.260 e. The SMILES string of the molecule is CCCOc1c[nH]c(CSc2nc3sc(C)c(C)c3c(=O)[nH]2)cc1=O. The van der Waals surface area contributed by atoms with Gasteiger partial charge in [-0.3, -0.25) is 9.59 Å². The van der Waals surface area contributed by atoms with Gasteiger partial charge in [-0.2, -0.15) is 0 Å². The zero-order valence-electron chi connectivity index (χ0n) is 14.3. The molecular formula is C17H19N3O3S2. The van der Waals surface area contributed by atoms with Crippen molar-refractivity contribution in [1.82, 2.24) is 15.0 Å². The average molecular weight is 377 g/mol. The first-order chi connectivity index (χ1) is 12.0. The first-order valence-electron chi connectivity index (χ1n) is 7.96. The van der Waals surface area contributed by atoms with E-state index in [1.165, 1.54) is 29.2 Å². The molecular weight excluding hydrogens is 358 g/mol. The van der Waals surface area contributed by atoms with E-state index in [4.69, 9.17) is 4.74 Å². The maximum Gasteiger partial charge on any atom is 0.260 e. The summed E-state index contributed by atoms with van der Waals surface area (Å²) in [6, 6.07) is 1.52. The number of thioether (sulfide) groups is 1. The molecule has 0 amide bonds. The maximum absolute atomic E-state index is 12.3. The van der Waals surface area contributed by atoms with Crippen molar-refractivity contribution in [2.45, 2.75) is 38.1 Å². The van der Waals surface area contributed by atoms with Gasteiger partial charge in [-0.15, -0.1) is 11.3 Å². The number of fused-ring (bicyclic) bond motifs is 1. The van der Waals surface area contributed by atoms with Gasteiger partial charge in [0.25, 0.3) is 5.56 Å². The highest BCUT2D eigenvalue weighted by Gasteiger charge is 2.12. The van der Waals surface area contributed by atoms with E-state index in [-0.39, 0.29) is 11.0 Å². The number of pyridine rings is 1. The number of nitrogens with one attached hydrogen (secondary N) is 2. The largest absolute Gasteiger partial charge is 0.488 e. The Morgan fingerprint density at radius 3 is 2.84 bits per heavy atom. The Bertz CT molecular complexity index is 1020. The molecule has 0 fully saturated rings. The highest BCUT2D eigenvalue weighted by atomic mass is 32.2. The first-order valence-corrected chi connectivity index (χ1v) is 9.77. The Labute approximate surface area is 152 Å². The summed E-state index contributed by atoms with van der Waals surface area (Å²) in [5.74, 6) is 0.828. The second-order valence-corrected chi connectivity index (χ2v) is 7.83. The number of hydrogen-bond acceptors (Lipinski definition) is 6. The minimum atomic E-state index is -0.149. The highest BCUT2D eigenvalue weighted by molar-refractivity contribution is 7.98. The van der Waals surface area contributed by atoms with Gasteiger partial charge in [0.2, 0.25) is 5.43 Å². The number of nitrogens with zero attached hydrogens (tertiary/aromatic N) is 1. The van der Waals surface area contributed by atoms with Crippen LogP contribution in [0.15, 0.2) is 27.0 Å². The predicted octanol–water partition coefficient (Wildman–Crippen LogP) is 3.37. The molecule has 0 radical (unpaired) electrons. The molecule has 132 valence electrons. The zero-order valence-corrected chi connectivity index (χ0v) is 15.9. The number of rotatable bonds is 6. The second kappa shape index (κ2) is 7.45. The number of ether oxygens (including phenoxy) is 1. The van der Waals surface area contributed by atoms with E-state index in [1.54, 1.807) is 6.20 Å². The van der Waals surface area contributed by atoms with Gasteiger partial charge in [-0.25, -0.2) is 4.98 Å². The van der Waals surface area contributed by atoms with E-state index < -0.39 is 0 Å². The molecule has 3 heterocycles. The van der Waals surface area contributed by atoms with Gasteiger partial charge in [0.15, 0.2) is 10.9 Å². The summed E-state index contributed by atoms with van der Waals surface area (Å²) >= 11 is 2.90. The van der Waals surface area contributed by atoms with E-state index >= 15 is 0 Å². The molecule has 0 bridgehead atoms. The van der Waals surface area contributed by atoms with Crippen molar-refractivity contribution in [2.75, 3.05) is 6.61 Å². The first kappa shape index (κ1) is 17.8. The lowest BCUT2D eigenvalue weighted by atomic mass is 10.2. The molecule has 0 aromatic carbocycles. The van der Waals surface area contributed by atoms with Crippen LogP contribution < -0.4 is 15.7 Å². The van der Waals surface area contributed by atoms with Crippen molar-refractivity contribution in [3.63, 3.8) is 0 Å². The third-order valence-corrected chi connectivity index (χ3v) is 5.80. The minimum absolute atomic E-state index is 0.119. The van der Waals surface area contributed by atoms with Crippen LogP contribution in [0.1, 0.15) is 29.5 Å². The fraction of sp³-hybridized carbons (Fsp3) is 0.353. The number of aromatic nitrogens is 3. The van der Waals surface area contributed by atoms with Gasteiger partial charge in [-0.1, -0.05) is 18.7 Å². The van der Waals surface area contributed by atoms with Crippen molar-refractivity contribution in [3.05, 3.63) is 49.0 Å². The average Bonchev–Trinajstić information content (AvgIpc) is 2.87. The number of hydrogen-bond donors (Lipinski definition) is 2. The topological polar surface area (TPSA) is 87.8 Å². The van der Waals surface area contributed by atoms with Gasteiger partial charge >= 0.3 is 0 Å². The van der Waals surface area contributed by atoms with Crippen LogP contribution in [0.4, 0.5) is 0 Å². The lowest BCUT2D eigenvalue weighted by molar-refractivity contribution is 0.313. The Balaban J connectivity index is 1.78. The minimum Gasteiger partial charge on any atom is -0.488 e. The molecule has 2 N–H and O–H groups in total. The number of aryl methyl sites for hydroxylation is 2. The monoisotopic (exact) mass is 377 g/mol. The fourth-order valence-corrected chi connectivity index (χ4v) is 4.23. The summed E-state index contributed by atoms with van der Waals surface area (Å²) in [6.45, 7) is 6.42. The van der Waals surface area contributed by atoms with E-state index in [2.05, 4.69) is 15.0 Å². The molecule has 0 spiro atoms. The molecule has 0 saturated heterocycles. The van der Waals surface area contributed by atoms with Gasteiger partial charge in [0.05, 0.1) is 12.0 Å². The molecule has 0 aliphatic rings. The van der Waals surface area contributed by atoms with Crippen molar-refractivity contribution in [1.29, 1.82) is 0 Å². The maximum atomic E-state index is 12.3. The van der Waals surface area contributed by atoms with Gasteiger partial charge in [-0.05, 0) is 25.8 Å². The van der Waals surface area contributed by atoms with Crippen molar-refractivity contribution in [2.24, 2.45) is 0 Å². The molecule has 0 aliphatic carbocycles. The lowest BCUT2D eigenvalue weighted by Gasteiger charge is -2.05. The van der Waals surface area contributed by atoms with Crippen LogP contribution in [-0.4, -0.2) is 21.6 Å². The van der Waals surface area contributed by atoms with E-state index in [1.807, 2.05) is 20.8 Å². The van der Waals surface area contributed by atoms with Gasteiger partial charge < -0.3 is 14.7 Å². The Morgan fingerprint density at radius 2 is 2.12 bits per heavy atom. The second-order valence-electron chi connectivity index (χ2n) is 5.66. The van der Waals surface area contributed by atoms with Gasteiger partial charge in [0, 0.05) is 28.6 Å². The predicted molar refractivity (Wildman–Crippen MR) is 102 cm³/mol. The molecule has 3 rings (SSSR count). The Kier molecular flexibility index (Phi) is 5.29. The normalized spacial score (nSPS) is 11.2. The molecule has 0 aliphatic heterocycles. The summed E-state index contributed by atoms with van der Waals surface area (Å²) in [5.41, 5.74) is 1.47. The zero-order chi connectivity index (χ0) is 18.0. The summed E-state index contributed by atoms with van der Waals surface area (Å²) in [7, 11) is 0. The molecule has 0 unspecified atom stereocenters. The quantitative estimate of drug-likeness (QED) is 0.508. The van der Waals surface area contributed by atoms with Crippen molar-refractivity contribution in [3.8, 4) is 5.75 Å². The molecule has 3 aromatic heterocycles. The van der Waals surface area contributed by atoms with Crippen LogP contribution in [0, 0.1) is 13.8 Å². The number of thiophene rings is 1. The van der Waals surface area contributed by atoms with Crippen LogP contribution in [0.2, 0.25) is 0 Å². The summed E-state index contributed by atoms with van der Waals surface area (Å²) in [5, 5.41) is 1.21. The van der Waals surface area contributed by atoms with E-state index in [0.717, 1.165) is 27.4 Å². The van der Waals surface area contributed by atoms with E-state index in [0.29, 0.717) is 28.7 Å². The molecule has 3 aromatic rings. The summed E-state index contributed by atoms with van der Waals surface area (Å²) in [6.07, 6.45) is 2.43. The third kappa shape index (κ3) is 3.80. The number of aromatic amines is 2. The fourth-order valence-electron chi connectivity index (χ4n) is 2.36. The lowest BCUT2D eigenvalue weighted by Crippen LogP contribution is -2.10. The van der Waals surface area contributed by atoms with Crippen LogP contribution in [-0.2, 0) is 5.75 Å². The molecule has 6 nitrogen and oxygen atoms in total. The standard InChI is InChI=1S/C17H19N3O3S2/c1-4-5-23-13-7-18-11(6-12(13)21)8-24-17-19-15(22)14-9(2)10(3)25-16(14)20-17/h6-7H,4-5,8H2,1-3H3,(H,18,21)(H,19,20,22). The van der Waals surface area contributed by atoms with Crippen molar-refractivity contribution >= 4 is 33.3 Å². The number of H-pyrrole nitrogens is 2. The van der Waals surface area contributed by atoms with Crippen LogP contribution >= 0.6 is 23.1 Å². The molecule has 25 heavy (non-hydrogen) atoms. The molecule has 0 saturated carbocycles. The highest BCUT2D eigenvalue weighted by Crippen LogP contribution is 2.27.